The Morgan fingerprint density at radius 2 is 1.89 bits per heavy atom. The average molecular weight is 385 g/mol. The highest BCUT2D eigenvalue weighted by atomic mass is 19.1. The first-order valence-electron chi connectivity index (χ1n) is 9.99. The van der Waals surface area contributed by atoms with Crippen molar-refractivity contribution in [1.82, 2.24) is 4.90 Å². The fourth-order valence-corrected chi connectivity index (χ4v) is 4.89. The lowest BCUT2D eigenvalue weighted by Crippen LogP contribution is -2.46. The number of benzene rings is 2. The summed E-state index contributed by atoms with van der Waals surface area (Å²) >= 11 is 0. The smallest absolute Gasteiger partial charge is 0.166 e. The number of fused-ring (bicyclic) bond motifs is 2. The van der Waals surface area contributed by atoms with Gasteiger partial charge < -0.3 is 19.5 Å². The van der Waals surface area contributed by atoms with Crippen LogP contribution in [-0.2, 0) is 12.8 Å². The molecule has 1 aliphatic carbocycles. The number of aliphatic hydroxyl groups is 1. The molecule has 1 heterocycles. The molecule has 1 N–H and O–H groups in total. The first kappa shape index (κ1) is 19.2. The molecule has 2 unspecified atom stereocenters. The molecule has 2 aliphatic rings. The normalized spacial score (nSPS) is 24.4. The summed E-state index contributed by atoms with van der Waals surface area (Å²) in [6, 6.07) is 10.8. The Balaban J connectivity index is 1.46. The van der Waals surface area contributed by atoms with E-state index < -0.39 is 6.10 Å². The van der Waals surface area contributed by atoms with Gasteiger partial charge in [-0.15, -0.1) is 0 Å². The summed E-state index contributed by atoms with van der Waals surface area (Å²) in [5, 5.41) is 11.1. The predicted molar refractivity (Wildman–Crippen MR) is 106 cm³/mol. The van der Waals surface area contributed by atoms with E-state index in [0.29, 0.717) is 17.4 Å². The molecular formula is C23H28FNO3. The first-order valence-corrected chi connectivity index (χ1v) is 9.99. The summed E-state index contributed by atoms with van der Waals surface area (Å²) in [5.74, 6) is 1.84. The van der Waals surface area contributed by atoms with Gasteiger partial charge in [-0.3, -0.25) is 0 Å². The predicted octanol–water partition coefficient (Wildman–Crippen LogP) is 3.61. The molecule has 3 atom stereocenters. The quantitative estimate of drug-likeness (QED) is 0.854. The molecule has 0 aromatic heterocycles. The van der Waals surface area contributed by atoms with Crippen LogP contribution in [0.25, 0.3) is 0 Å². The van der Waals surface area contributed by atoms with Gasteiger partial charge in [0.05, 0.1) is 20.3 Å². The number of methoxy groups -OCH3 is 2. The Bertz CT molecular complexity index is 823. The summed E-state index contributed by atoms with van der Waals surface area (Å²) in [4.78, 5) is 2.48. The molecule has 2 aromatic rings. The van der Waals surface area contributed by atoms with E-state index in [0.717, 1.165) is 55.6 Å². The van der Waals surface area contributed by atoms with E-state index in [4.69, 9.17) is 9.47 Å². The van der Waals surface area contributed by atoms with Crippen molar-refractivity contribution in [2.45, 2.75) is 25.4 Å². The van der Waals surface area contributed by atoms with Crippen LogP contribution in [0, 0.1) is 17.7 Å². The minimum absolute atomic E-state index is 0.188. The third-order valence-corrected chi connectivity index (χ3v) is 6.36. The molecule has 4 nitrogen and oxygen atoms in total. The molecule has 0 amide bonds. The monoisotopic (exact) mass is 385 g/mol. The Labute approximate surface area is 165 Å². The number of aliphatic hydroxyl groups excluding tert-OH is 1. The highest BCUT2D eigenvalue weighted by Crippen LogP contribution is 2.48. The Kier molecular flexibility index (Phi) is 5.56. The van der Waals surface area contributed by atoms with Gasteiger partial charge in [0.1, 0.15) is 5.82 Å². The summed E-state index contributed by atoms with van der Waals surface area (Å²) in [7, 11) is 3.26. The molecule has 0 saturated carbocycles. The van der Waals surface area contributed by atoms with Gasteiger partial charge in [0.15, 0.2) is 11.5 Å². The summed E-state index contributed by atoms with van der Waals surface area (Å²) in [5.41, 5.74) is 3.23. The maximum absolute atomic E-state index is 13.1. The third-order valence-electron chi connectivity index (χ3n) is 6.36. The van der Waals surface area contributed by atoms with Crippen LogP contribution < -0.4 is 9.47 Å². The Morgan fingerprint density at radius 1 is 1.11 bits per heavy atom. The van der Waals surface area contributed by atoms with E-state index >= 15 is 0 Å². The third kappa shape index (κ3) is 3.61. The molecule has 2 aromatic carbocycles. The topological polar surface area (TPSA) is 41.9 Å². The van der Waals surface area contributed by atoms with Crippen molar-refractivity contribution in [1.29, 1.82) is 0 Å². The van der Waals surface area contributed by atoms with Crippen molar-refractivity contribution in [2.75, 3.05) is 33.9 Å². The van der Waals surface area contributed by atoms with Gasteiger partial charge >= 0.3 is 0 Å². The highest BCUT2D eigenvalue weighted by Gasteiger charge is 2.41. The van der Waals surface area contributed by atoms with E-state index in [1.165, 1.54) is 12.1 Å². The van der Waals surface area contributed by atoms with Crippen LogP contribution in [0.5, 0.6) is 11.5 Å². The van der Waals surface area contributed by atoms with Crippen molar-refractivity contribution in [3.8, 4) is 11.5 Å². The number of piperidine rings is 1. The van der Waals surface area contributed by atoms with Crippen molar-refractivity contribution in [3.63, 3.8) is 0 Å². The maximum atomic E-state index is 13.1. The molecule has 1 aliphatic heterocycles. The van der Waals surface area contributed by atoms with Crippen LogP contribution in [0.4, 0.5) is 4.39 Å². The molecule has 0 spiro atoms. The second-order valence-corrected chi connectivity index (χ2v) is 7.91. The van der Waals surface area contributed by atoms with Crippen LogP contribution in [0.15, 0.2) is 36.4 Å². The Hall–Kier alpha value is -2.11. The molecule has 0 bridgehead atoms. The van der Waals surface area contributed by atoms with Crippen LogP contribution in [0.1, 0.15) is 29.2 Å². The lowest BCUT2D eigenvalue weighted by molar-refractivity contribution is 0.00475. The van der Waals surface area contributed by atoms with Crippen LogP contribution in [0.3, 0.4) is 0 Å². The highest BCUT2D eigenvalue weighted by molar-refractivity contribution is 5.53. The second-order valence-electron chi connectivity index (χ2n) is 7.91. The van der Waals surface area contributed by atoms with Gasteiger partial charge in [-0.2, -0.15) is 0 Å². The lowest BCUT2D eigenvalue weighted by Gasteiger charge is -2.44. The minimum atomic E-state index is -0.516. The maximum Gasteiger partial charge on any atom is 0.166 e. The zero-order valence-corrected chi connectivity index (χ0v) is 16.5. The number of halogens is 1. The minimum Gasteiger partial charge on any atom is -0.493 e. The largest absolute Gasteiger partial charge is 0.493 e. The SMILES string of the molecule is COc1ccc2c(c1OC)[C@H](O)C1CCN(CCc3ccc(F)cc3)CC1C2. The molecule has 0 radical (unpaired) electrons. The zero-order chi connectivity index (χ0) is 19.7. The average Bonchev–Trinajstić information content (AvgIpc) is 2.72. The fourth-order valence-electron chi connectivity index (χ4n) is 4.89. The molecule has 4 rings (SSSR count). The van der Waals surface area contributed by atoms with Crippen molar-refractivity contribution >= 4 is 0 Å². The van der Waals surface area contributed by atoms with E-state index in [9.17, 15) is 9.50 Å². The molecule has 150 valence electrons. The number of likely N-dealkylation sites (tertiary alicyclic amines) is 1. The van der Waals surface area contributed by atoms with Crippen LogP contribution >= 0.6 is 0 Å². The fraction of sp³-hybridized carbons (Fsp3) is 0.478. The van der Waals surface area contributed by atoms with Gasteiger partial charge in [-0.25, -0.2) is 4.39 Å². The zero-order valence-electron chi connectivity index (χ0n) is 16.5. The molecule has 1 fully saturated rings. The van der Waals surface area contributed by atoms with Gasteiger partial charge in [-0.05, 0) is 67.0 Å². The van der Waals surface area contributed by atoms with Crippen LogP contribution in [-0.4, -0.2) is 43.9 Å². The molecular weight excluding hydrogens is 357 g/mol. The number of rotatable bonds is 5. The van der Waals surface area contributed by atoms with E-state index in [2.05, 4.69) is 11.0 Å². The Morgan fingerprint density at radius 3 is 2.61 bits per heavy atom. The van der Waals surface area contributed by atoms with Crippen molar-refractivity contribution < 1.29 is 19.0 Å². The van der Waals surface area contributed by atoms with E-state index in [-0.39, 0.29) is 11.7 Å². The summed E-state index contributed by atoms with van der Waals surface area (Å²) < 4.78 is 24.1. The van der Waals surface area contributed by atoms with E-state index in [1.54, 1.807) is 14.2 Å². The van der Waals surface area contributed by atoms with Gasteiger partial charge in [0, 0.05) is 18.7 Å². The first-order chi connectivity index (χ1) is 13.6. The molecule has 28 heavy (non-hydrogen) atoms. The standard InChI is InChI=1S/C23H28FNO3/c1-27-20-8-5-16-13-17-14-25(11-9-15-3-6-18(24)7-4-15)12-10-19(17)22(26)21(16)23(20)28-2/h3-8,17,19,22,26H,9-14H2,1-2H3/t17?,19?,22-/m1/s1. The van der Waals surface area contributed by atoms with Crippen LogP contribution in [0.2, 0.25) is 0 Å². The van der Waals surface area contributed by atoms with Gasteiger partial charge in [0.2, 0.25) is 0 Å². The van der Waals surface area contributed by atoms with Gasteiger partial charge in [-0.1, -0.05) is 18.2 Å². The summed E-state index contributed by atoms with van der Waals surface area (Å²) in [6.45, 7) is 2.92. The second kappa shape index (κ2) is 8.10. The van der Waals surface area contributed by atoms with Gasteiger partial charge in [0.25, 0.3) is 0 Å². The summed E-state index contributed by atoms with van der Waals surface area (Å²) in [6.07, 6.45) is 2.32. The number of ether oxygens (including phenoxy) is 2. The van der Waals surface area contributed by atoms with E-state index in [1.807, 2.05) is 18.2 Å². The van der Waals surface area contributed by atoms with Crippen molar-refractivity contribution in [2.24, 2.45) is 11.8 Å². The number of nitrogens with zero attached hydrogens (tertiary/aromatic N) is 1. The van der Waals surface area contributed by atoms with Crippen molar-refractivity contribution in [3.05, 3.63) is 58.9 Å². The number of hydrogen-bond acceptors (Lipinski definition) is 4. The number of hydrogen-bond donors (Lipinski definition) is 1. The lowest BCUT2D eigenvalue weighted by atomic mass is 9.70. The molecule has 1 saturated heterocycles. The molecule has 5 heteroatoms.